The average molecular weight is 340 g/mol. The Labute approximate surface area is 98.8 Å². The Morgan fingerprint density at radius 2 is 2.19 bits per heavy atom. The second-order valence-electron chi connectivity index (χ2n) is 3.75. The van der Waals surface area contributed by atoms with Gasteiger partial charge in [-0.3, -0.25) is 0 Å². The molecule has 0 bridgehead atoms. The number of hydrogen-bond donors (Lipinski definition) is 1. The summed E-state index contributed by atoms with van der Waals surface area (Å²) in [5.74, 6) is -2.85. The van der Waals surface area contributed by atoms with Crippen LogP contribution in [0, 0.1) is 5.92 Å². The summed E-state index contributed by atoms with van der Waals surface area (Å²) in [5.41, 5.74) is -0.544. The Morgan fingerprint density at radius 3 is 2.62 bits per heavy atom. The van der Waals surface area contributed by atoms with E-state index in [0.717, 1.165) is 0 Å². The third-order valence-corrected chi connectivity index (χ3v) is 9.49. The second kappa shape index (κ2) is 4.89. The van der Waals surface area contributed by atoms with Crippen molar-refractivity contribution in [2.45, 2.75) is 22.0 Å². The average Bonchev–Trinajstić information content (AvgIpc) is 2.43. The summed E-state index contributed by atoms with van der Waals surface area (Å²) in [6, 6.07) is 0. The van der Waals surface area contributed by atoms with E-state index in [1.54, 1.807) is 4.68 Å². The fourth-order valence-corrected chi connectivity index (χ4v) is 8.30. The van der Waals surface area contributed by atoms with E-state index in [0.29, 0.717) is 0 Å². The van der Waals surface area contributed by atoms with Gasteiger partial charge in [-0.25, -0.2) is 0 Å². The van der Waals surface area contributed by atoms with Crippen LogP contribution in [-0.2, 0) is 9.53 Å². The zero-order valence-electron chi connectivity index (χ0n) is 8.97. The summed E-state index contributed by atoms with van der Waals surface area (Å²) in [6.45, 7) is 1.52. The maximum atomic E-state index is 12.6. The summed E-state index contributed by atoms with van der Waals surface area (Å²) >= 11 is -2.72. The Morgan fingerprint density at radius 1 is 1.62 bits per heavy atom. The van der Waals surface area contributed by atoms with Crippen molar-refractivity contribution in [1.29, 1.82) is 0 Å². The van der Waals surface area contributed by atoms with Gasteiger partial charge in [-0.2, -0.15) is 0 Å². The van der Waals surface area contributed by atoms with Gasteiger partial charge in [0.05, 0.1) is 0 Å². The summed E-state index contributed by atoms with van der Waals surface area (Å²) in [6.07, 6.45) is -4.47. The molecule has 7 heteroatoms. The summed E-state index contributed by atoms with van der Waals surface area (Å²) in [5, 5.41) is 9.56. The Kier molecular flexibility index (Phi) is 4.20. The molecule has 0 saturated heterocycles. The quantitative estimate of drug-likeness (QED) is 0.785. The van der Waals surface area contributed by atoms with Crippen LogP contribution in [0.4, 0.5) is 13.2 Å². The third kappa shape index (κ3) is 2.67. The van der Waals surface area contributed by atoms with Crippen LogP contribution in [0.3, 0.4) is 0 Å². The Balaban J connectivity index is 3.03. The molecule has 1 atom stereocenters. The van der Waals surface area contributed by atoms with Crippen molar-refractivity contribution in [3.8, 4) is 0 Å². The number of rotatable bonds is 2. The van der Waals surface area contributed by atoms with Crippen LogP contribution in [-0.4, -0.2) is 45.3 Å². The minimum atomic E-state index is -4.47. The van der Waals surface area contributed by atoms with Crippen molar-refractivity contribution in [2.75, 3.05) is 6.61 Å². The summed E-state index contributed by atoms with van der Waals surface area (Å²) in [7, 11) is 0. The van der Waals surface area contributed by atoms with Crippen LogP contribution < -0.4 is 0 Å². The van der Waals surface area contributed by atoms with Crippen LogP contribution in [0.25, 0.3) is 0 Å². The molecule has 1 aliphatic rings. The maximum absolute atomic E-state index is 12.6. The number of carbonyl (C=O) groups excluding carboxylic acids is 1. The molecule has 1 heterocycles. The third-order valence-electron chi connectivity index (χ3n) is 2.57. The monoisotopic (exact) mass is 340 g/mol. The number of aliphatic hydroxyl groups is 1. The molecular weight excluding hydrogens is 328 g/mol. The van der Waals surface area contributed by atoms with E-state index in [9.17, 15) is 23.1 Å². The summed E-state index contributed by atoms with van der Waals surface area (Å²) in [4.78, 5) is 11.4. The van der Waals surface area contributed by atoms with Gasteiger partial charge in [0.1, 0.15) is 0 Å². The molecule has 1 unspecified atom stereocenters. The van der Waals surface area contributed by atoms with E-state index < -0.39 is 45.1 Å². The zero-order chi connectivity index (χ0) is 12.5. The standard InChI is InChI=1S/C8H9F3O3.CH3.In/c1-3-14-7(13)6(4-12)5(2)8(9,10)11;;/h5,12H,2-3H2,1H3;1H3;. The molecule has 0 spiro atoms. The van der Waals surface area contributed by atoms with Crippen molar-refractivity contribution in [3.05, 3.63) is 9.09 Å². The summed E-state index contributed by atoms with van der Waals surface area (Å²) < 4.78 is 43.7. The molecule has 0 aromatic rings. The molecule has 90 valence electrons. The normalized spacial score (nSPS) is 21.6. The van der Waals surface area contributed by atoms with Gasteiger partial charge in [-0.1, -0.05) is 0 Å². The van der Waals surface area contributed by atoms with Crippen LogP contribution >= 0.6 is 0 Å². The second-order valence-corrected chi connectivity index (χ2v) is 11.8. The number of carbonyl (C=O) groups is 1. The van der Waals surface area contributed by atoms with Gasteiger partial charge in [-0.05, 0) is 0 Å². The SMILES string of the molecule is CCOC(=O)C1=[C](O)[In]([CH3])[CH2]C1C(F)(F)F. The van der Waals surface area contributed by atoms with Gasteiger partial charge in [0, 0.05) is 0 Å². The molecular formula is C9H12F3InO3. The van der Waals surface area contributed by atoms with Crippen molar-refractivity contribution in [3.63, 3.8) is 0 Å². The van der Waals surface area contributed by atoms with Gasteiger partial charge < -0.3 is 0 Å². The van der Waals surface area contributed by atoms with Gasteiger partial charge >= 0.3 is 98.8 Å². The van der Waals surface area contributed by atoms with E-state index in [1.165, 1.54) is 6.92 Å². The van der Waals surface area contributed by atoms with Crippen molar-refractivity contribution >= 4 is 27.4 Å². The predicted molar refractivity (Wildman–Crippen MR) is 52.3 cm³/mol. The van der Waals surface area contributed by atoms with E-state index in [2.05, 4.69) is 4.74 Å². The van der Waals surface area contributed by atoms with E-state index >= 15 is 0 Å². The zero-order valence-corrected chi connectivity index (χ0v) is 12.3. The van der Waals surface area contributed by atoms with Gasteiger partial charge in [0.2, 0.25) is 0 Å². The first-order valence-electron chi connectivity index (χ1n) is 4.95. The number of hydrogen-bond acceptors (Lipinski definition) is 3. The molecule has 3 nitrogen and oxygen atoms in total. The molecule has 1 rings (SSSR count). The molecule has 16 heavy (non-hydrogen) atoms. The fourth-order valence-electron chi connectivity index (χ4n) is 1.78. The molecule has 1 aliphatic heterocycles. The molecule has 0 aromatic heterocycles. The first kappa shape index (κ1) is 13.7. The van der Waals surface area contributed by atoms with E-state index in [4.69, 9.17) is 0 Å². The molecule has 0 radical (unpaired) electrons. The number of aliphatic hydroxyl groups excluding tert-OH is 1. The predicted octanol–water partition coefficient (Wildman–Crippen LogP) is 2.22. The van der Waals surface area contributed by atoms with Gasteiger partial charge in [0.25, 0.3) is 0 Å². The number of alkyl halides is 3. The minimum absolute atomic E-state index is 0.00406. The van der Waals surface area contributed by atoms with Gasteiger partial charge in [0.15, 0.2) is 0 Å². The number of ether oxygens (including phenoxy) is 1. The van der Waals surface area contributed by atoms with Gasteiger partial charge in [-0.15, -0.1) is 0 Å². The van der Waals surface area contributed by atoms with Crippen LogP contribution in [0.1, 0.15) is 6.92 Å². The first-order chi connectivity index (χ1) is 7.29. The Hall–Kier alpha value is -0.330. The molecule has 0 saturated carbocycles. The van der Waals surface area contributed by atoms with E-state index in [-0.39, 0.29) is 14.3 Å². The van der Waals surface area contributed by atoms with Crippen LogP contribution in [0.15, 0.2) is 9.09 Å². The molecule has 0 aromatic carbocycles. The van der Waals surface area contributed by atoms with Crippen molar-refractivity contribution in [1.82, 2.24) is 0 Å². The fraction of sp³-hybridized carbons (Fsp3) is 0.667. The molecule has 0 fully saturated rings. The number of halogens is 3. The first-order valence-corrected chi connectivity index (χ1v) is 12.2. The molecule has 0 aliphatic carbocycles. The van der Waals surface area contributed by atoms with E-state index in [1.807, 2.05) is 0 Å². The van der Waals surface area contributed by atoms with Crippen molar-refractivity contribution < 1.29 is 27.8 Å². The number of esters is 1. The molecule has 0 amide bonds. The Bertz CT molecular complexity index is 324. The van der Waals surface area contributed by atoms with Crippen LogP contribution in [0.5, 0.6) is 0 Å². The van der Waals surface area contributed by atoms with Crippen LogP contribution in [0.2, 0.25) is 8.86 Å². The van der Waals surface area contributed by atoms with Crippen molar-refractivity contribution in [2.24, 2.45) is 5.92 Å². The topological polar surface area (TPSA) is 46.5 Å². The molecule has 1 N–H and O–H groups in total.